The average molecular weight is 326 g/mol. The van der Waals surface area contributed by atoms with Crippen molar-refractivity contribution in [3.63, 3.8) is 0 Å². The molecule has 126 valence electrons. The Morgan fingerprint density at radius 2 is 2.25 bits per heavy atom. The number of nitrogens with one attached hydrogen (secondary N) is 1. The second kappa shape index (κ2) is 4.63. The highest BCUT2D eigenvalue weighted by Crippen LogP contribution is 2.56. The van der Waals surface area contributed by atoms with Crippen LogP contribution in [0, 0.1) is 11.8 Å². The van der Waals surface area contributed by atoms with E-state index in [1.165, 1.54) is 5.57 Å². The number of aliphatic hydroxyl groups is 2. The summed E-state index contributed by atoms with van der Waals surface area (Å²) in [5.74, 6) is 0.623. The summed E-state index contributed by atoms with van der Waals surface area (Å²) in [5.41, 5.74) is 3.23. The van der Waals surface area contributed by atoms with E-state index >= 15 is 0 Å². The van der Waals surface area contributed by atoms with Crippen LogP contribution in [0.4, 0.5) is 0 Å². The number of aromatic nitrogens is 1. The number of aromatic amines is 1. The van der Waals surface area contributed by atoms with Gasteiger partial charge in [-0.2, -0.15) is 0 Å². The number of hydrogen-bond acceptors (Lipinski definition) is 4. The lowest BCUT2D eigenvalue weighted by Gasteiger charge is -2.61. The van der Waals surface area contributed by atoms with Crippen LogP contribution in [0.15, 0.2) is 29.8 Å². The number of allylic oxidation sites excluding steroid dienone is 1. The van der Waals surface area contributed by atoms with Crippen molar-refractivity contribution in [3.8, 4) is 5.75 Å². The van der Waals surface area contributed by atoms with Crippen molar-refractivity contribution >= 4 is 10.9 Å². The van der Waals surface area contributed by atoms with E-state index < -0.39 is 5.72 Å². The number of rotatable bonds is 1. The van der Waals surface area contributed by atoms with Crippen molar-refractivity contribution in [1.29, 1.82) is 0 Å². The van der Waals surface area contributed by atoms with Crippen molar-refractivity contribution in [2.45, 2.75) is 31.5 Å². The monoisotopic (exact) mass is 326 g/mol. The van der Waals surface area contributed by atoms with Gasteiger partial charge in [0, 0.05) is 42.4 Å². The molecule has 5 nitrogen and oxygen atoms in total. The molecular formula is C19H22N2O3. The molecule has 4 aliphatic rings. The van der Waals surface area contributed by atoms with E-state index in [0.717, 1.165) is 35.1 Å². The zero-order valence-electron chi connectivity index (χ0n) is 13.7. The summed E-state index contributed by atoms with van der Waals surface area (Å²) in [5, 5.41) is 32.4. The zero-order valence-corrected chi connectivity index (χ0v) is 13.7. The molecule has 0 saturated carbocycles. The van der Waals surface area contributed by atoms with Gasteiger partial charge in [0.05, 0.1) is 5.69 Å². The van der Waals surface area contributed by atoms with Crippen molar-refractivity contribution in [3.05, 3.63) is 41.1 Å². The van der Waals surface area contributed by atoms with Crippen LogP contribution in [0.2, 0.25) is 0 Å². The Kier molecular flexibility index (Phi) is 2.80. The van der Waals surface area contributed by atoms with E-state index in [4.69, 9.17) is 0 Å². The van der Waals surface area contributed by atoms with Gasteiger partial charge < -0.3 is 20.3 Å². The van der Waals surface area contributed by atoms with Crippen LogP contribution >= 0.6 is 0 Å². The molecule has 5 heteroatoms. The van der Waals surface area contributed by atoms with Gasteiger partial charge in [0.2, 0.25) is 0 Å². The van der Waals surface area contributed by atoms with Gasteiger partial charge in [0.1, 0.15) is 5.75 Å². The Bertz CT molecular complexity index is 871. The number of H-pyrrole nitrogens is 1. The highest BCUT2D eigenvalue weighted by Gasteiger charge is 2.59. The predicted octanol–water partition coefficient (Wildman–Crippen LogP) is 1.83. The highest BCUT2D eigenvalue weighted by molar-refractivity contribution is 5.86. The Morgan fingerprint density at radius 1 is 1.42 bits per heavy atom. The lowest BCUT2D eigenvalue weighted by molar-refractivity contribution is -0.221. The standard InChI is InChI=1S/C19H22N2O3/c1-2-10-8-21-17-6-13-12-5-11(23)3-4-16(12)20-18(13)19(21,24)7-14(10)15(17)9-22/h2-5,14-15,17,20,22-24H,6-9H2,1H3/b10-2+/t14-,15+,17-,19+/m0/s1. The van der Waals surface area contributed by atoms with Gasteiger partial charge >= 0.3 is 0 Å². The second-order valence-corrected chi connectivity index (χ2v) is 7.45. The molecule has 4 N–H and O–H groups in total. The maximum absolute atomic E-state index is 11.6. The zero-order chi connectivity index (χ0) is 16.6. The SMILES string of the molecule is C/C=C1\CN2[C@H]3Cc4c([nH]c5ccc(O)cc45)[C@]2(O)C[C@@H]1[C@H]3CO. The summed E-state index contributed by atoms with van der Waals surface area (Å²) in [6.07, 6.45) is 3.54. The van der Waals surface area contributed by atoms with Crippen LogP contribution in [0.3, 0.4) is 0 Å². The van der Waals surface area contributed by atoms with Gasteiger partial charge in [0.25, 0.3) is 0 Å². The first kappa shape index (κ1) is 14.5. The summed E-state index contributed by atoms with van der Waals surface area (Å²) >= 11 is 0. The lowest BCUT2D eigenvalue weighted by atomic mass is 9.63. The van der Waals surface area contributed by atoms with Crippen LogP contribution in [-0.4, -0.2) is 44.4 Å². The molecule has 6 rings (SSSR count). The number of fused-ring (bicyclic) bond motifs is 4. The fourth-order valence-electron chi connectivity index (χ4n) is 5.38. The molecular weight excluding hydrogens is 304 g/mol. The molecule has 3 saturated heterocycles. The predicted molar refractivity (Wildman–Crippen MR) is 90.5 cm³/mol. The Morgan fingerprint density at radius 3 is 3.00 bits per heavy atom. The summed E-state index contributed by atoms with van der Waals surface area (Å²) in [6.45, 7) is 2.95. The second-order valence-electron chi connectivity index (χ2n) is 7.45. The number of aromatic hydroxyl groups is 1. The van der Waals surface area contributed by atoms with E-state index in [1.807, 2.05) is 13.0 Å². The van der Waals surface area contributed by atoms with Crippen LogP contribution in [0.1, 0.15) is 24.6 Å². The minimum atomic E-state index is -1.00. The van der Waals surface area contributed by atoms with E-state index in [0.29, 0.717) is 6.42 Å². The maximum atomic E-state index is 11.6. The van der Waals surface area contributed by atoms with E-state index in [2.05, 4.69) is 16.0 Å². The van der Waals surface area contributed by atoms with Gasteiger partial charge in [-0.05, 0) is 43.0 Å². The van der Waals surface area contributed by atoms with Crippen molar-refractivity contribution < 1.29 is 15.3 Å². The van der Waals surface area contributed by atoms with Gasteiger partial charge in [-0.1, -0.05) is 11.6 Å². The van der Waals surface area contributed by atoms with Crippen LogP contribution in [0.5, 0.6) is 5.75 Å². The minimum Gasteiger partial charge on any atom is -0.508 e. The maximum Gasteiger partial charge on any atom is 0.160 e. The summed E-state index contributed by atoms with van der Waals surface area (Å²) in [4.78, 5) is 5.57. The molecule has 0 aliphatic carbocycles. The quantitative estimate of drug-likeness (QED) is 0.603. The number of hydrogen-bond donors (Lipinski definition) is 4. The molecule has 1 aromatic heterocycles. The molecule has 5 heterocycles. The minimum absolute atomic E-state index is 0.135. The molecule has 5 atom stereocenters. The summed E-state index contributed by atoms with van der Waals surface area (Å²) in [7, 11) is 0. The molecule has 1 unspecified atom stereocenters. The Balaban J connectivity index is 1.74. The van der Waals surface area contributed by atoms with Gasteiger partial charge in [-0.25, -0.2) is 0 Å². The normalized spacial score (nSPS) is 38.7. The number of phenols is 1. The van der Waals surface area contributed by atoms with E-state index in [1.54, 1.807) is 12.1 Å². The third-order valence-corrected chi connectivity index (χ3v) is 6.51. The van der Waals surface area contributed by atoms with Gasteiger partial charge in [0.15, 0.2) is 5.72 Å². The Hall–Kier alpha value is -1.82. The molecule has 0 amide bonds. The molecule has 24 heavy (non-hydrogen) atoms. The third-order valence-electron chi connectivity index (χ3n) is 6.51. The van der Waals surface area contributed by atoms with Crippen molar-refractivity contribution in [1.82, 2.24) is 9.88 Å². The first-order valence-electron chi connectivity index (χ1n) is 8.66. The molecule has 4 aliphatic heterocycles. The summed E-state index contributed by atoms with van der Waals surface area (Å²) in [6, 6.07) is 5.44. The van der Waals surface area contributed by atoms with Gasteiger partial charge in [-0.3, -0.25) is 4.90 Å². The Labute approximate surface area is 140 Å². The van der Waals surface area contributed by atoms with Gasteiger partial charge in [-0.15, -0.1) is 0 Å². The number of aliphatic hydroxyl groups excluding tert-OH is 1. The molecule has 2 aromatic rings. The molecule has 1 aromatic carbocycles. The number of phenolic OH excluding ortho intramolecular Hbond substituents is 1. The third kappa shape index (κ3) is 1.60. The van der Waals surface area contributed by atoms with E-state index in [9.17, 15) is 15.3 Å². The van der Waals surface area contributed by atoms with Crippen LogP contribution < -0.4 is 0 Å². The van der Waals surface area contributed by atoms with E-state index in [-0.39, 0.29) is 30.2 Å². The highest BCUT2D eigenvalue weighted by atomic mass is 16.3. The van der Waals surface area contributed by atoms with Crippen LogP contribution in [-0.2, 0) is 12.1 Å². The molecule has 0 spiro atoms. The number of nitrogens with zero attached hydrogens (tertiary/aromatic N) is 1. The van der Waals surface area contributed by atoms with Crippen molar-refractivity contribution in [2.75, 3.05) is 13.2 Å². The molecule has 3 fully saturated rings. The van der Waals surface area contributed by atoms with Crippen LogP contribution in [0.25, 0.3) is 10.9 Å². The molecule has 0 radical (unpaired) electrons. The topological polar surface area (TPSA) is 79.7 Å². The fourth-order valence-corrected chi connectivity index (χ4v) is 5.38. The first-order chi connectivity index (χ1) is 11.6. The number of piperidine rings is 3. The number of benzene rings is 1. The fraction of sp³-hybridized carbons (Fsp3) is 0.474. The average Bonchev–Trinajstić information content (AvgIpc) is 2.93. The largest absolute Gasteiger partial charge is 0.508 e. The first-order valence-corrected chi connectivity index (χ1v) is 8.66. The van der Waals surface area contributed by atoms with Crippen molar-refractivity contribution in [2.24, 2.45) is 11.8 Å². The smallest absolute Gasteiger partial charge is 0.160 e. The molecule has 4 bridgehead atoms. The summed E-state index contributed by atoms with van der Waals surface area (Å²) < 4.78 is 0. The lowest BCUT2D eigenvalue weighted by Crippen LogP contribution is -2.69.